The molecule has 0 aromatic heterocycles. The zero-order valence-electron chi connectivity index (χ0n) is 11.0. The predicted octanol–water partition coefficient (Wildman–Crippen LogP) is 0.767. The summed E-state index contributed by atoms with van der Waals surface area (Å²) < 4.78 is 23.3. The maximum atomic E-state index is 11.6. The molecule has 2 saturated heterocycles. The maximum absolute atomic E-state index is 11.6. The van der Waals surface area contributed by atoms with Gasteiger partial charge in [-0.1, -0.05) is 12.8 Å². The smallest absolute Gasteiger partial charge is 0.153 e. The molecule has 4 nitrogen and oxygen atoms in total. The molecule has 0 radical (unpaired) electrons. The average Bonchev–Trinajstić information content (AvgIpc) is 2.85. The van der Waals surface area contributed by atoms with Crippen molar-refractivity contribution in [2.24, 2.45) is 11.1 Å². The highest BCUT2D eigenvalue weighted by Crippen LogP contribution is 2.46. The summed E-state index contributed by atoms with van der Waals surface area (Å²) in [4.78, 5) is 2.35. The molecular weight excluding hydrogens is 248 g/mol. The van der Waals surface area contributed by atoms with Gasteiger partial charge in [-0.15, -0.1) is 0 Å². The fourth-order valence-electron chi connectivity index (χ4n) is 4.19. The van der Waals surface area contributed by atoms with Crippen molar-refractivity contribution in [1.29, 1.82) is 0 Å². The van der Waals surface area contributed by atoms with Crippen molar-refractivity contribution in [2.75, 3.05) is 24.6 Å². The van der Waals surface area contributed by atoms with E-state index in [-0.39, 0.29) is 23.6 Å². The number of rotatable bonds is 1. The molecule has 2 N–H and O–H groups in total. The number of hydrogen-bond acceptors (Lipinski definition) is 4. The predicted molar refractivity (Wildman–Crippen MR) is 72.1 cm³/mol. The summed E-state index contributed by atoms with van der Waals surface area (Å²) in [6, 6.07) is -0.0959. The van der Waals surface area contributed by atoms with E-state index in [0.717, 1.165) is 13.1 Å². The summed E-state index contributed by atoms with van der Waals surface area (Å²) in [7, 11) is -2.89. The summed E-state index contributed by atoms with van der Waals surface area (Å²) in [5, 5.41) is 0. The number of nitrogens with two attached hydrogens (primary N) is 1. The third-order valence-electron chi connectivity index (χ3n) is 5.36. The number of likely N-dealkylation sites (tertiary alicyclic amines) is 1. The van der Waals surface area contributed by atoms with Crippen LogP contribution in [0.25, 0.3) is 0 Å². The zero-order valence-corrected chi connectivity index (χ0v) is 11.8. The Morgan fingerprint density at radius 3 is 2.11 bits per heavy atom. The first-order valence-corrected chi connectivity index (χ1v) is 9.02. The summed E-state index contributed by atoms with van der Waals surface area (Å²) in [6.07, 6.45) is 8.03. The van der Waals surface area contributed by atoms with E-state index in [4.69, 9.17) is 5.73 Å². The van der Waals surface area contributed by atoms with Crippen LogP contribution in [0, 0.1) is 5.41 Å². The van der Waals surface area contributed by atoms with E-state index in [0.29, 0.717) is 5.41 Å². The highest BCUT2D eigenvalue weighted by Gasteiger charge is 2.43. The van der Waals surface area contributed by atoms with Crippen LogP contribution in [0.15, 0.2) is 0 Å². The van der Waals surface area contributed by atoms with Crippen LogP contribution in [0.3, 0.4) is 0 Å². The van der Waals surface area contributed by atoms with Crippen LogP contribution in [0.2, 0.25) is 0 Å². The van der Waals surface area contributed by atoms with Gasteiger partial charge in [-0.05, 0) is 44.2 Å². The first-order chi connectivity index (χ1) is 8.50. The standard InChI is InChI=1S/C13H24N2O2S/c14-11-9-18(16,17)10-12(11)15-7-5-13(6-8-15)3-1-2-4-13/h11-12H,1-10,14H2. The molecular formula is C13H24N2O2S. The molecule has 3 aliphatic rings. The van der Waals surface area contributed by atoms with Gasteiger partial charge in [-0.25, -0.2) is 8.42 Å². The van der Waals surface area contributed by atoms with Crippen LogP contribution in [-0.4, -0.2) is 50.0 Å². The van der Waals surface area contributed by atoms with Crippen LogP contribution < -0.4 is 5.73 Å². The lowest BCUT2D eigenvalue weighted by Gasteiger charge is -2.42. The van der Waals surface area contributed by atoms with Gasteiger partial charge in [0.15, 0.2) is 9.84 Å². The van der Waals surface area contributed by atoms with Crippen molar-refractivity contribution in [3.8, 4) is 0 Å². The second kappa shape index (κ2) is 4.46. The second-order valence-corrected chi connectivity index (χ2v) is 8.70. The number of nitrogens with zero attached hydrogens (tertiary/aromatic N) is 1. The van der Waals surface area contributed by atoms with Gasteiger partial charge in [-0.2, -0.15) is 0 Å². The molecule has 0 bridgehead atoms. The third kappa shape index (κ3) is 2.32. The van der Waals surface area contributed by atoms with Crippen molar-refractivity contribution in [1.82, 2.24) is 4.90 Å². The Morgan fingerprint density at radius 1 is 1.00 bits per heavy atom. The van der Waals surface area contributed by atoms with E-state index >= 15 is 0 Å². The minimum atomic E-state index is -2.89. The minimum Gasteiger partial charge on any atom is -0.325 e. The molecule has 0 amide bonds. The summed E-state index contributed by atoms with van der Waals surface area (Å²) >= 11 is 0. The normalized spacial score (nSPS) is 39.4. The fraction of sp³-hybridized carbons (Fsp3) is 1.00. The molecule has 2 atom stereocenters. The van der Waals surface area contributed by atoms with Crippen LogP contribution in [0.4, 0.5) is 0 Å². The quantitative estimate of drug-likeness (QED) is 0.766. The Bertz CT molecular complexity index is 405. The van der Waals surface area contributed by atoms with E-state index in [9.17, 15) is 8.42 Å². The van der Waals surface area contributed by atoms with E-state index in [1.165, 1.54) is 38.5 Å². The van der Waals surface area contributed by atoms with Crippen LogP contribution >= 0.6 is 0 Å². The summed E-state index contributed by atoms with van der Waals surface area (Å²) in [5.74, 6) is 0.459. The van der Waals surface area contributed by atoms with Crippen molar-refractivity contribution in [3.63, 3.8) is 0 Å². The molecule has 3 rings (SSSR count). The monoisotopic (exact) mass is 272 g/mol. The van der Waals surface area contributed by atoms with Crippen LogP contribution in [0.5, 0.6) is 0 Å². The second-order valence-electron chi connectivity index (χ2n) is 6.55. The van der Waals surface area contributed by atoms with Crippen LogP contribution in [-0.2, 0) is 9.84 Å². The van der Waals surface area contributed by atoms with Crippen molar-refractivity contribution in [3.05, 3.63) is 0 Å². The van der Waals surface area contributed by atoms with Gasteiger partial charge in [0.2, 0.25) is 0 Å². The molecule has 0 aromatic carbocycles. The molecule has 1 aliphatic carbocycles. The molecule has 3 fully saturated rings. The molecule has 104 valence electrons. The highest BCUT2D eigenvalue weighted by molar-refractivity contribution is 7.91. The summed E-state index contributed by atoms with van der Waals surface area (Å²) in [5.41, 5.74) is 6.60. The molecule has 0 aromatic rings. The third-order valence-corrected chi connectivity index (χ3v) is 7.10. The molecule has 1 saturated carbocycles. The van der Waals surface area contributed by atoms with Gasteiger partial charge >= 0.3 is 0 Å². The Balaban J connectivity index is 1.63. The molecule has 2 unspecified atom stereocenters. The highest BCUT2D eigenvalue weighted by atomic mass is 32.2. The van der Waals surface area contributed by atoms with E-state index in [2.05, 4.69) is 4.90 Å². The molecule has 5 heteroatoms. The number of piperidine rings is 1. The largest absolute Gasteiger partial charge is 0.325 e. The van der Waals surface area contributed by atoms with E-state index in [1.54, 1.807) is 0 Å². The van der Waals surface area contributed by atoms with E-state index in [1.807, 2.05) is 0 Å². The lowest BCUT2D eigenvalue weighted by Crippen LogP contribution is -2.51. The van der Waals surface area contributed by atoms with Crippen molar-refractivity contribution < 1.29 is 8.42 Å². The fourth-order valence-corrected chi connectivity index (χ4v) is 6.11. The Kier molecular flexibility index (Phi) is 3.19. The van der Waals surface area contributed by atoms with Gasteiger partial charge in [0.05, 0.1) is 11.5 Å². The zero-order chi connectivity index (χ0) is 12.8. The lowest BCUT2D eigenvalue weighted by atomic mass is 9.76. The first kappa shape index (κ1) is 12.9. The molecule has 2 heterocycles. The van der Waals surface area contributed by atoms with Crippen LogP contribution in [0.1, 0.15) is 38.5 Å². The van der Waals surface area contributed by atoms with Crippen molar-refractivity contribution in [2.45, 2.75) is 50.6 Å². The maximum Gasteiger partial charge on any atom is 0.153 e. The molecule has 1 spiro atoms. The Morgan fingerprint density at radius 2 is 1.61 bits per heavy atom. The SMILES string of the molecule is NC1CS(=O)(=O)CC1N1CCC2(CCCC2)CC1. The van der Waals surface area contributed by atoms with Gasteiger partial charge < -0.3 is 5.73 Å². The minimum absolute atomic E-state index is 0.0775. The van der Waals surface area contributed by atoms with Gasteiger partial charge in [0.25, 0.3) is 0 Å². The first-order valence-electron chi connectivity index (χ1n) is 7.20. The molecule has 18 heavy (non-hydrogen) atoms. The Hall–Kier alpha value is -0.130. The van der Waals surface area contributed by atoms with Gasteiger partial charge in [-0.3, -0.25) is 4.90 Å². The molecule has 2 aliphatic heterocycles. The van der Waals surface area contributed by atoms with Gasteiger partial charge in [0.1, 0.15) is 0 Å². The average molecular weight is 272 g/mol. The number of hydrogen-bond donors (Lipinski definition) is 1. The topological polar surface area (TPSA) is 63.4 Å². The lowest BCUT2D eigenvalue weighted by molar-refractivity contribution is 0.0785. The Labute approximate surface area is 110 Å². The van der Waals surface area contributed by atoms with E-state index < -0.39 is 9.84 Å². The van der Waals surface area contributed by atoms with Crippen molar-refractivity contribution >= 4 is 9.84 Å². The van der Waals surface area contributed by atoms with Gasteiger partial charge in [0, 0.05) is 12.1 Å². The summed E-state index contributed by atoms with van der Waals surface area (Å²) in [6.45, 7) is 2.10. The number of sulfone groups is 1.